The van der Waals surface area contributed by atoms with E-state index < -0.39 is 0 Å². The summed E-state index contributed by atoms with van der Waals surface area (Å²) in [6.45, 7) is 8.13. The van der Waals surface area contributed by atoms with Crippen LogP contribution in [0.2, 0.25) is 0 Å². The summed E-state index contributed by atoms with van der Waals surface area (Å²) in [5.41, 5.74) is 1.33. The molecule has 0 aliphatic heterocycles. The topological polar surface area (TPSA) is 55.9 Å². The van der Waals surface area contributed by atoms with E-state index in [0.29, 0.717) is 24.4 Å². The van der Waals surface area contributed by atoms with Crippen LogP contribution in [0.3, 0.4) is 0 Å². The number of hydrogen-bond acceptors (Lipinski definition) is 4. The van der Waals surface area contributed by atoms with E-state index in [9.17, 15) is 0 Å². The van der Waals surface area contributed by atoms with Crippen LogP contribution in [0.25, 0.3) is 0 Å². The molecule has 0 spiro atoms. The Morgan fingerprint density at radius 1 is 1.19 bits per heavy atom. The summed E-state index contributed by atoms with van der Waals surface area (Å²) in [7, 11) is 0. The Balaban J connectivity index is 2.01. The van der Waals surface area contributed by atoms with Crippen molar-refractivity contribution in [3.05, 3.63) is 35.8 Å². The smallest absolute Gasteiger partial charge is 0.236 e. The van der Waals surface area contributed by atoms with Crippen LogP contribution in [0.15, 0.2) is 22.9 Å². The van der Waals surface area contributed by atoms with Gasteiger partial charge in [-0.3, -0.25) is 0 Å². The van der Waals surface area contributed by atoms with Crippen molar-refractivity contribution in [1.82, 2.24) is 20.1 Å². The van der Waals surface area contributed by atoms with Crippen LogP contribution in [0.4, 0.5) is 0 Å². The summed E-state index contributed by atoms with van der Waals surface area (Å²) in [6, 6.07) is 2.62. The monoisotopic (exact) mass is 290 g/mol. The number of aryl methyl sites for hydroxylation is 1. The molecule has 0 saturated carbocycles. The SMILES string of the molecule is CCCNC(CCC)c1ccn(Cc2nnc(CC)o2)c1. The van der Waals surface area contributed by atoms with Crippen molar-refractivity contribution in [2.45, 2.75) is 59.0 Å². The Bertz CT molecular complexity index is 532. The number of nitrogens with one attached hydrogen (secondary N) is 1. The van der Waals surface area contributed by atoms with Crippen LogP contribution < -0.4 is 5.32 Å². The molecule has 5 nitrogen and oxygen atoms in total. The van der Waals surface area contributed by atoms with Gasteiger partial charge in [0, 0.05) is 24.9 Å². The molecule has 0 bridgehead atoms. The second kappa shape index (κ2) is 7.98. The molecule has 2 aromatic rings. The first-order chi connectivity index (χ1) is 10.3. The van der Waals surface area contributed by atoms with E-state index in [-0.39, 0.29) is 0 Å². The molecular weight excluding hydrogens is 264 g/mol. The van der Waals surface area contributed by atoms with Gasteiger partial charge in [-0.05, 0) is 31.0 Å². The average molecular weight is 290 g/mol. The molecular formula is C16H26N4O. The molecule has 21 heavy (non-hydrogen) atoms. The highest BCUT2D eigenvalue weighted by molar-refractivity contribution is 5.16. The lowest BCUT2D eigenvalue weighted by molar-refractivity contribution is 0.442. The summed E-state index contributed by atoms with van der Waals surface area (Å²) in [5.74, 6) is 1.37. The molecule has 116 valence electrons. The predicted octanol–water partition coefficient (Wildman–Crippen LogP) is 3.32. The fourth-order valence-corrected chi connectivity index (χ4v) is 2.41. The Morgan fingerprint density at radius 3 is 2.67 bits per heavy atom. The molecule has 0 radical (unpaired) electrons. The lowest BCUT2D eigenvalue weighted by Gasteiger charge is -2.16. The predicted molar refractivity (Wildman–Crippen MR) is 83.2 cm³/mol. The first kappa shape index (κ1) is 15.8. The number of rotatable bonds is 9. The maximum Gasteiger partial charge on any atom is 0.236 e. The molecule has 0 aromatic carbocycles. The Morgan fingerprint density at radius 2 is 2.00 bits per heavy atom. The Labute approximate surface area is 126 Å². The van der Waals surface area contributed by atoms with Crippen LogP contribution in [0.5, 0.6) is 0 Å². The molecule has 0 amide bonds. The van der Waals surface area contributed by atoms with Crippen molar-refractivity contribution in [3.63, 3.8) is 0 Å². The molecule has 0 aliphatic rings. The highest BCUT2D eigenvalue weighted by Crippen LogP contribution is 2.19. The second-order valence-corrected chi connectivity index (χ2v) is 5.36. The van der Waals surface area contributed by atoms with Gasteiger partial charge >= 0.3 is 0 Å². The van der Waals surface area contributed by atoms with Gasteiger partial charge in [-0.1, -0.05) is 27.2 Å². The van der Waals surface area contributed by atoms with Crippen LogP contribution >= 0.6 is 0 Å². The van der Waals surface area contributed by atoms with Crippen molar-refractivity contribution in [2.24, 2.45) is 0 Å². The van der Waals surface area contributed by atoms with Crippen molar-refractivity contribution in [3.8, 4) is 0 Å². The Kier molecular flexibility index (Phi) is 5.99. The number of nitrogens with zero attached hydrogens (tertiary/aromatic N) is 3. The largest absolute Gasteiger partial charge is 0.423 e. The molecule has 2 rings (SSSR count). The minimum absolute atomic E-state index is 0.435. The molecule has 1 unspecified atom stereocenters. The summed E-state index contributed by atoms with van der Waals surface area (Å²) >= 11 is 0. The van der Waals surface area contributed by atoms with Crippen LogP contribution in [0, 0.1) is 0 Å². The van der Waals surface area contributed by atoms with E-state index in [4.69, 9.17) is 4.42 Å². The summed E-state index contributed by atoms with van der Waals surface area (Å²) in [6.07, 6.45) is 8.53. The summed E-state index contributed by atoms with van der Waals surface area (Å²) < 4.78 is 7.67. The normalized spacial score (nSPS) is 12.7. The van der Waals surface area contributed by atoms with E-state index in [1.54, 1.807) is 0 Å². The van der Waals surface area contributed by atoms with E-state index in [1.807, 2.05) is 6.92 Å². The minimum Gasteiger partial charge on any atom is -0.423 e. The first-order valence-corrected chi connectivity index (χ1v) is 7.97. The first-order valence-electron chi connectivity index (χ1n) is 7.97. The number of aromatic nitrogens is 3. The zero-order valence-corrected chi connectivity index (χ0v) is 13.3. The standard InChI is InChI=1S/C16H26N4O/c1-4-7-14(17-9-5-2)13-8-10-20(11-13)12-16-19-18-15(6-3)21-16/h8,10-11,14,17H,4-7,9,12H2,1-3H3. The van der Waals surface area contributed by atoms with Gasteiger partial charge in [0.05, 0.1) is 0 Å². The lowest BCUT2D eigenvalue weighted by atomic mass is 10.1. The van der Waals surface area contributed by atoms with Crippen LogP contribution in [-0.2, 0) is 13.0 Å². The lowest BCUT2D eigenvalue weighted by Crippen LogP contribution is -2.21. The molecule has 1 N–H and O–H groups in total. The third-order valence-electron chi connectivity index (χ3n) is 3.52. The second-order valence-electron chi connectivity index (χ2n) is 5.36. The van der Waals surface area contributed by atoms with Gasteiger partial charge < -0.3 is 14.3 Å². The van der Waals surface area contributed by atoms with Crippen molar-refractivity contribution >= 4 is 0 Å². The molecule has 5 heteroatoms. The third kappa shape index (κ3) is 4.43. The molecule has 1 atom stereocenters. The van der Waals surface area contributed by atoms with Crippen molar-refractivity contribution in [2.75, 3.05) is 6.54 Å². The fourth-order valence-electron chi connectivity index (χ4n) is 2.41. The Hall–Kier alpha value is -1.62. The van der Waals surface area contributed by atoms with Gasteiger partial charge in [-0.25, -0.2) is 0 Å². The van der Waals surface area contributed by atoms with E-state index in [0.717, 1.165) is 25.8 Å². The molecule has 2 aromatic heterocycles. The highest BCUT2D eigenvalue weighted by Gasteiger charge is 2.12. The highest BCUT2D eigenvalue weighted by atomic mass is 16.4. The van der Waals surface area contributed by atoms with E-state index in [2.05, 4.69) is 52.4 Å². The van der Waals surface area contributed by atoms with E-state index >= 15 is 0 Å². The zero-order chi connectivity index (χ0) is 15.1. The van der Waals surface area contributed by atoms with Gasteiger partial charge in [-0.15, -0.1) is 10.2 Å². The van der Waals surface area contributed by atoms with Crippen molar-refractivity contribution < 1.29 is 4.42 Å². The van der Waals surface area contributed by atoms with Gasteiger partial charge in [0.15, 0.2) is 0 Å². The minimum atomic E-state index is 0.435. The fraction of sp³-hybridized carbons (Fsp3) is 0.625. The average Bonchev–Trinajstić information content (AvgIpc) is 3.13. The van der Waals surface area contributed by atoms with E-state index in [1.165, 1.54) is 12.0 Å². The van der Waals surface area contributed by atoms with Crippen LogP contribution in [-0.4, -0.2) is 21.3 Å². The van der Waals surface area contributed by atoms with Gasteiger partial charge in [-0.2, -0.15) is 0 Å². The number of hydrogen-bond donors (Lipinski definition) is 1. The van der Waals surface area contributed by atoms with Gasteiger partial charge in [0.25, 0.3) is 0 Å². The summed E-state index contributed by atoms with van der Waals surface area (Å²) in [4.78, 5) is 0. The molecule has 0 aliphatic carbocycles. The molecule has 0 fully saturated rings. The van der Waals surface area contributed by atoms with Gasteiger partial charge in [0.1, 0.15) is 6.54 Å². The summed E-state index contributed by atoms with van der Waals surface area (Å²) in [5, 5.41) is 11.7. The maximum atomic E-state index is 5.56. The quantitative estimate of drug-likeness (QED) is 0.769. The van der Waals surface area contributed by atoms with Crippen LogP contribution in [0.1, 0.15) is 63.4 Å². The van der Waals surface area contributed by atoms with Crippen molar-refractivity contribution in [1.29, 1.82) is 0 Å². The zero-order valence-electron chi connectivity index (χ0n) is 13.3. The third-order valence-corrected chi connectivity index (χ3v) is 3.52. The van der Waals surface area contributed by atoms with Gasteiger partial charge in [0.2, 0.25) is 11.8 Å². The molecule has 2 heterocycles. The molecule has 0 saturated heterocycles. The maximum absolute atomic E-state index is 5.56.